The summed E-state index contributed by atoms with van der Waals surface area (Å²) in [4.78, 5) is 16.7. The predicted octanol–water partition coefficient (Wildman–Crippen LogP) is 4.24. The first-order valence-corrected chi connectivity index (χ1v) is 8.36. The quantitative estimate of drug-likeness (QED) is 0.695. The molecule has 4 nitrogen and oxygen atoms in total. The summed E-state index contributed by atoms with van der Waals surface area (Å²) in [6.07, 6.45) is -5.32. The molecule has 3 aromatic rings. The van der Waals surface area contributed by atoms with Crippen molar-refractivity contribution in [2.75, 3.05) is 5.32 Å². The first kappa shape index (κ1) is 17.5. The summed E-state index contributed by atoms with van der Waals surface area (Å²) in [5, 5.41) is 3.14. The van der Waals surface area contributed by atoms with E-state index in [0.29, 0.717) is 16.6 Å². The molecule has 1 N–H and O–H groups in total. The predicted molar refractivity (Wildman–Crippen MR) is 94.0 cm³/mol. The van der Waals surface area contributed by atoms with Crippen LogP contribution in [0.2, 0.25) is 0 Å². The first-order chi connectivity index (χ1) is 12.8. The summed E-state index contributed by atoms with van der Waals surface area (Å²) in [5.74, 6) is 0.0960. The molecule has 140 valence electrons. The lowest BCUT2D eigenvalue weighted by atomic mass is 10.1. The van der Waals surface area contributed by atoms with Crippen molar-refractivity contribution in [3.05, 3.63) is 64.1 Å². The third-order valence-electron chi connectivity index (χ3n) is 4.61. The van der Waals surface area contributed by atoms with Crippen molar-refractivity contribution in [2.45, 2.75) is 31.7 Å². The highest BCUT2D eigenvalue weighted by molar-refractivity contribution is 5.91. The minimum absolute atomic E-state index is 0.0673. The summed E-state index contributed by atoms with van der Waals surface area (Å²) in [7, 11) is 0. The van der Waals surface area contributed by atoms with Crippen LogP contribution in [0.15, 0.2) is 47.3 Å². The molecular weight excluding hydrogens is 362 g/mol. The molecule has 1 fully saturated rings. The summed E-state index contributed by atoms with van der Waals surface area (Å²) >= 11 is 0. The number of halogens is 4. The number of hydrogen-bond donors (Lipinski definition) is 1. The van der Waals surface area contributed by atoms with Crippen LogP contribution in [-0.4, -0.2) is 21.8 Å². The van der Waals surface area contributed by atoms with Gasteiger partial charge in [0.05, 0.1) is 22.8 Å². The zero-order valence-electron chi connectivity index (χ0n) is 14.2. The van der Waals surface area contributed by atoms with Gasteiger partial charge in [-0.25, -0.2) is 9.18 Å². The van der Waals surface area contributed by atoms with Gasteiger partial charge in [-0.05, 0) is 36.8 Å². The fraction of sp³-hybridized carbons (Fsp3) is 0.263. The average molecular weight is 377 g/mol. The number of para-hydroxylation sites is 1. The molecule has 8 heteroatoms. The van der Waals surface area contributed by atoms with E-state index in [2.05, 4.69) is 10.3 Å². The fourth-order valence-corrected chi connectivity index (χ4v) is 3.05. The van der Waals surface area contributed by atoms with Crippen LogP contribution in [0.1, 0.15) is 17.5 Å². The second kappa shape index (κ2) is 6.07. The Bertz CT molecular complexity index is 1090. The van der Waals surface area contributed by atoms with Crippen molar-refractivity contribution in [1.29, 1.82) is 0 Å². The number of benzene rings is 2. The van der Waals surface area contributed by atoms with Gasteiger partial charge >= 0.3 is 11.9 Å². The van der Waals surface area contributed by atoms with Crippen LogP contribution in [-0.2, 0) is 6.18 Å². The highest BCUT2D eigenvalue weighted by Crippen LogP contribution is 2.35. The molecule has 2 aromatic carbocycles. The van der Waals surface area contributed by atoms with Crippen molar-refractivity contribution >= 4 is 16.7 Å². The summed E-state index contributed by atoms with van der Waals surface area (Å²) in [6, 6.07) is 9.50. The molecule has 27 heavy (non-hydrogen) atoms. The number of nitrogens with zero attached hydrogens (tertiary/aromatic N) is 2. The van der Waals surface area contributed by atoms with Crippen molar-refractivity contribution < 1.29 is 17.6 Å². The van der Waals surface area contributed by atoms with Crippen molar-refractivity contribution in [3.8, 4) is 5.69 Å². The standard InChI is InChI=1S/C19H15F4N3O/c1-10-4-2-3-5-15(10)26-16-8-11(19(21,22)23)6-7-12(16)17(25-18(26)27)24-14-9-13(14)20/h2-8,13-14H,9H2,1H3,(H,24,25,27)/t13-,14+/m0/s1. The monoisotopic (exact) mass is 377 g/mol. The third kappa shape index (κ3) is 3.15. The van der Waals surface area contributed by atoms with E-state index >= 15 is 0 Å². The van der Waals surface area contributed by atoms with Gasteiger partial charge in [-0.15, -0.1) is 0 Å². The van der Waals surface area contributed by atoms with Gasteiger partial charge in [-0.3, -0.25) is 4.57 Å². The number of aryl methyl sites for hydroxylation is 1. The van der Waals surface area contributed by atoms with Crippen molar-refractivity contribution in [1.82, 2.24) is 9.55 Å². The normalized spacial score (nSPS) is 19.3. The van der Waals surface area contributed by atoms with Crippen LogP contribution in [0.5, 0.6) is 0 Å². The minimum Gasteiger partial charge on any atom is -0.364 e. The van der Waals surface area contributed by atoms with E-state index in [1.54, 1.807) is 31.2 Å². The number of hydrogen-bond acceptors (Lipinski definition) is 3. The number of rotatable bonds is 3. The van der Waals surface area contributed by atoms with Crippen LogP contribution in [0.25, 0.3) is 16.6 Å². The second-order valence-electron chi connectivity index (χ2n) is 6.60. The third-order valence-corrected chi connectivity index (χ3v) is 4.61. The highest BCUT2D eigenvalue weighted by Gasteiger charge is 2.38. The molecule has 0 aliphatic heterocycles. The van der Waals surface area contributed by atoms with Crippen LogP contribution < -0.4 is 11.0 Å². The summed E-state index contributed by atoms with van der Waals surface area (Å²) in [5.41, 5.74) is -0.372. The van der Waals surface area contributed by atoms with Crippen molar-refractivity contribution in [3.63, 3.8) is 0 Å². The molecule has 0 radical (unpaired) electrons. The van der Waals surface area contributed by atoms with Gasteiger partial charge in [-0.1, -0.05) is 18.2 Å². The molecule has 1 aliphatic rings. The molecule has 0 bridgehead atoms. The largest absolute Gasteiger partial charge is 0.416 e. The maximum atomic E-state index is 13.3. The van der Waals surface area contributed by atoms with E-state index in [4.69, 9.17) is 0 Å². The van der Waals surface area contributed by atoms with Gasteiger partial charge in [0.25, 0.3) is 0 Å². The molecular formula is C19H15F4N3O. The van der Waals surface area contributed by atoms with Gasteiger partial charge in [0, 0.05) is 11.8 Å². The summed E-state index contributed by atoms with van der Waals surface area (Å²) < 4.78 is 54.1. The van der Waals surface area contributed by atoms with Gasteiger partial charge < -0.3 is 5.32 Å². The van der Waals surface area contributed by atoms with E-state index in [9.17, 15) is 22.4 Å². The lowest BCUT2D eigenvalue weighted by Crippen LogP contribution is -2.25. The molecule has 1 aromatic heterocycles. The smallest absolute Gasteiger partial charge is 0.364 e. The van der Waals surface area contributed by atoms with Gasteiger partial charge in [-0.2, -0.15) is 18.2 Å². The van der Waals surface area contributed by atoms with E-state index in [1.807, 2.05) is 0 Å². The van der Waals surface area contributed by atoms with Crippen LogP contribution in [0.4, 0.5) is 23.4 Å². The molecule has 1 aliphatic carbocycles. The molecule has 0 spiro atoms. The van der Waals surface area contributed by atoms with Crippen LogP contribution >= 0.6 is 0 Å². The minimum atomic E-state index is -4.56. The molecule has 1 heterocycles. The lowest BCUT2D eigenvalue weighted by molar-refractivity contribution is -0.137. The Morgan fingerprint density at radius 2 is 1.89 bits per heavy atom. The molecule has 0 saturated heterocycles. The van der Waals surface area contributed by atoms with Crippen molar-refractivity contribution in [2.24, 2.45) is 0 Å². The Labute approximate surface area is 151 Å². The average Bonchev–Trinajstić information content (AvgIpc) is 3.30. The van der Waals surface area contributed by atoms with Crippen LogP contribution in [0.3, 0.4) is 0 Å². The van der Waals surface area contributed by atoms with E-state index in [0.717, 1.165) is 16.7 Å². The zero-order chi connectivity index (χ0) is 19.3. The zero-order valence-corrected chi connectivity index (χ0v) is 14.2. The molecule has 1 saturated carbocycles. The summed E-state index contributed by atoms with van der Waals surface area (Å²) in [6.45, 7) is 1.76. The number of fused-ring (bicyclic) bond motifs is 1. The number of alkyl halides is 4. The van der Waals surface area contributed by atoms with Crippen LogP contribution in [0, 0.1) is 6.92 Å². The van der Waals surface area contributed by atoms with Gasteiger partial charge in [0.15, 0.2) is 0 Å². The fourth-order valence-electron chi connectivity index (χ4n) is 3.05. The maximum absolute atomic E-state index is 13.3. The Balaban J connectivity index is 2.01. The Hall–Kier alpha value is -2.90. The Morgan fingerprint density at radius 1 is 1.19 bits per heavy atom. The van der Waals surface area contributed by atoms with Gasteiger partial charge in [0.1, 0.15) is 12.0 Å². The maximum Gasteiger partial charge on any atom is 0.416 e. The highest BCUT2D eigenvalue weighted by atomic mass is 19.4. The van der Waals surface area contributed by atoms with Gasteiger partial charge in [0.2, 0.25) is 0 Å². The second-order valence-corrected chi connectivity index (χ2v) is 6.60. The Kier molecular flexibility index (Phi) is 3.94. The molecule has 4 rings (SSSR count). The molecule has 0 unspecified atom stereocenters. The number of aromatic nitrogens is 2. The van der Waals surface area contributed by atoms with E-state index in [1.165, 1.54) is 6.07 Å². The van der Waals surface area contributed by atoms with E-state index < -0.39 is 29.6 Å². The number of nitrogens with one attached hydrogen (secondary N) is 1. The lowest BCUT2D eigenvalue weighted by Gasteiger charge is -2.16. The molecule has 2 atom stereocenters. The topological polar surface area (TPSA) is 46.9 Å². The number of anilines is 1. The SMILES string of the molecule is Cc1ccccc1-n1c(=O)nc(N[C@@H]2C[C@@H]2F)c2ccc(C(F)(F)F)cc21. The van der Waals surface area contributed by atoms with E-state index in [-0.39, 0.29) is 17.8 Å². The first-order valence-electron chi connectivity index (χ1n) is 8.36. The Morgan fingerprint density at radius 3 is 2.52 bits per heavy atom. The molecule has 0 amide bonds.